The summed E-state index contributed by atoms with van der Waals surface area (Å²) >= 11 is 0. The molecule has 0 spiro atoms. The van der Waals surface area contributed by atoms with Crippen molar-refractivity contribution in [3.63, 3.8) is 0 Å². The maximum Gasteiger partial charge on any atom is 0.272 e. The van der Waals surface area contributed by atoms with Gasteiger partial charge in [0.05, 0.1) is 4.90 Å². The molecule has 0 aromatic heterocycles. The van der Waals surface area contributed by atoms with Crippen molar-refractivity contribution in [3.05, 3.63) is 24.3 Å². The van der Waals surface area contributed by atoms with Crippen LogP contribution in [-0.4, -0.2) is 52.4 Å². The molecule has 1 saturated heterocycles. The van der Waals surface area contributed by atoms with Crippen molar-refractivity contribution < 1.29 is 21.9 Å². The van der Waals surface area contributed by atoms with Crippen molar-refractivity contribution in [1.29, 1.82) is 0 Å². The summed E-state index contributed by atoms with van der Waals surface area (Å²) in [7, 11) is -1.65. The highest BCUT2D eigenvalue weighted by Crippen LogP contribution is 2.25. The Bertz CT molecular complexity index is 591. The third-order valence-corrected chi connectivity index (χ3v) is 5.82. The number of benzene rings is 1. The van der Waals surface area contributed by atoms with Gasteiger partial charge in [-0.3, -0.25) is 0 Å². The van der Waals surface area contributed by atoms with E-state index in [1.54, 1.807) is 0 Å². The molecule has 0 saturated carbocycles. The SMILES string of the molecule is CNCC1CCN(S(=O)(=O)c2ccc(OCC(F)F)cc2)CC1.Cl. The van der Waals surface area contributed by atoms with Gasteiger partial charge in [0.15, 0.2) is 0 Å². The molecule has 138 valence electrons. The normalized spacial score (nSPS) is 16.8. The van der Waals surface area contributed by atoms with E-state index in [2.05, 4.69) is 5.32 Å². The van der Waals surface area contributed by atoms with E-state index >= 15 is 0 Å². The number of alkyl halides is 2. The number of nitrogens with one attached hydrogen (secondary N) is 1. The minimum absolute atomic E-state index is 0. The van der Waals surface area contributed by atoms with Crippen molar-refractivity contribution in [2.75, 3.05) is 33.3 Å². The van der Waals surface area contributed by atoms with E-state index < -0.39 is 23.1 Å². The van der Waals surface area contributed by atoms with Crippen molar-refractivity contribution in [2.45, 2.75) is 24.2 Å². The molecule has 0 atom stereocenters. The number of halogens is 3. The van der Waals surface area contributed by atoms with E-state index in [-0.39, 0.29) is 23.1 Å². The van der Waals surface area contributed by atoms with Gasteiger partial charge in [-0.25, -0.2) is 17.2 Å². The molecule has 1 aromatic rings. The Morgan fingerprint density at radius 1 is 1.25 bits per heavy atom. The Morgan fingerprint density at radius 3 is 2.33 bits per heavy atom. The third kappa shape index (κ3) is 5.54. The maximum atomic E-state index is 12.6. The van der Waals surface area contributed by atoms with Gasteiger partial charge in [-0.2, -0.15) is 4.31 Å². The predicted molar refractivity (Wildman–Crippen MR) is 90.6 cm³/mol. The van der Waals surface area contributed by atoms with Crippen LogP contribution < -0.4 is 10.1 Å². The summed E-state index contributed by atoms with van der Waals surface area (Å²) in [4.78, 5) is 0.161. The van der Waals surface area contributed by atoms with E-state index in [9.17, 15) is 17.2 Å². The number of ether oxygens (including phenoxy) is 1. The van der Waals surface area contributed by atoms with Crippen LogP contribution >= 0.6 is 12.4 Å². The van der Waals surface area contributed by atoms with E-state index in [0.717, 1.165) is 19.4 Å². The number of hydrogen-bond donors (Lipinski definition) is 1. The quantitative estimate of drug-likeness (QED) is 0.784. The lowest BCUT2D eigenvalue weighted by Crippen LogP contribution is -2.40. The lowest BCUT2D eigenvalue weighted by atomic mass is 9.98. The molecule has 1 heterocycles. The molecule has 0 bridgehead atoms. The zero-order chi connectivity index (χ0) is 16.9. The van der Waals surface area contributed by atoms with Gasteiger partial charge >= 0.3 is 0 Å². The molecule has 24 heavy (non-hydrogen) atoms. The van der Waals surface area contributed by atoms with Crippen molar-refractivity contribution >= 4 is 22.4 Å². The molecular formula is C15H23ClF2N2O3S. The van der Waals surface area contributed by atoms with E-state index in [4.69, 9.17) is 4.74 Å². The Hall–Kier alpha value is -0.960. The lowest BCUT2D eigenvalue weighted by molar-refractivity contribution is 0.0819. The molecule has 5 nitrogen and oxygen atoms in total. The van der Waals surface area contributed by atoms with Gasteiger partial charge in [0.2, 0.25) is 10.0 Å². The molecule has 1 fully saturated rings. The topological polar surface area (TPSA) is 58.6 Å². The van der Waals surface area contributed by atoms with Crippen molar-refractivity contribution in [1.82, 2.24) is 9.62 Å². The van der Waals surface area contributed by atoms with Crippen LogP contribution in [0.4, 0.5) is 8.78 Å². The lowest BCUT2D eigenvalue weighted by Gasteiger charge is -2.31. The van der Waals surface area contributed by atoms with Crippen LogP contribution in [0.3, 0.4) is 0 Å². The van der Waals surface area contributed by atoms with E-state index in [1.165, 1.54) is 28.6 Å². The summed E-state index contributed by atoms with van der Waals surface area (Å²) in [5.41, 5.74) is 0. The summed E-state index contributed by atoms with van der Waals surface area (Å²) in [5, 5.41) is 3.11. The third-order valence-electron chi connectivity index (χ3n) is 3.90. The van der Waals surface area contributed by atoms with Crippen LogP contribution in [0.25, 0.3) is 0 Å². The molecule has 0 unspecified atom stereocenters. The van der Waals surface area contributed by atoms with Gasteiger partial charge in [0.25, 0.3) is 6.43 Å². The largest absolute Gasteiger partial charge is 0.488 e. The fraction of sp³-hybridized carbons (Fsp3) is 0.600. The van der Waals surface area contributed by atoms with Gasteiger partial charge in [-0.15, -0.1) is 12.4 Å². The number of hydrogen-bond acceptors (Lipinski definition) is 4. The summed E-state index contributed by atoms with van der Waals surface area (Å²) < 4.78 is 55.7. The first kappa shape index (κ1) is 21.1. The van der Waals surface area contributed by atoms with Gasteiger partial charge in [0, 0.05) is 13.1 Å². The molecule has 1 aliphatic heterocycles. The Balaban J connectivity index is 0.00000288. The summed E-state index contributed by atoms with van der Waals surface area (Å²) in [5.74, 6) is 0.730. The molecule has 1 N–H and O–H groups in total. The van der Waals surface area contributed by atoms with Crippen LogP contribution in [-0.2, 0) is 10.0 Å². The zero-order valence-corrected chi connectivity index (χ0v) is 15.1. The van der Waals surface area contributed by atoms with Crippen LogP contribution in [0.5, 0.6) is 5.75 Å². The minimum Gasteiger partial charge on any atom is -0.488 e. The van der Waals surface area contributed by atoms with Crippen LogP contribution in [0.15, 0.2) is 29.2 Å². The van der Waals surface area contributed by atoms with Gasteiger partial charge in [-0.05, 0) is 56.6 Å². The van der Waals surface area contributed by atoms with Crippen molar-refractivity contribution in [3.8, 4) is 5.75 Å². The van der Waals surface area contributed by atoms with E-state index in [1.807, 2.05) is 7.05 Å². The highest BCUT2D eigenvalue weighted by atomic mass is 35.5. The first-order valence-electron chi connectivity index (χ1n) is 7.59. The highest BCUT2D eigenvalue weighted by molar-refractivity contribution is 7.89. The number of nitrogens with zero attached hydrogens (tertiary/aromatic N) is 1. The van der Waals surface area contributed by atoms with Crippen molar-refractivity contribution in [2.24, 2.45) is 5.92 Å². The standard InChI is InChI=1S/C15H22F2N2O3S.ClH/c1-18-10-12-6-8-19(9-7-12)23(20,21)14-4-2-13(3-5-14)22-11-15(16)17;/h2-5,12,15,18H,6-11H2,1H3;1H. The fourth-order valence-electron chi connectivity index (χ4n) is 2.66. The Labute approximate surface area is 147 Å². The predicted octanol–water partition coefficient (Wildman–Crippen LogP) is 2.37. The second kappa shape index (κ2) is 9.50. The van der Waals surface area contributed by atoms with Gasteiger partial charge in [0.1, 0.15) is 12.4 Å². The second-order valence-electron chi connectivity index (χ2n) is 5.58. The fourth-order valence-corrected chi connectivity index (χ4v) is 4.13. The smallest absolute Gasteiger partial charge is 0.272 e. The number of sulfonamides is 1. The Kier molecular flexibility index (Phi) is 8.35. The minimum atomic E-state index is -3.54. The van der Waals surface area contributed by atoms with Crippen LogP contribution in [0.1, 0.15) is 12.8 Å². The summed E-state index contributed by atoms with van der Waals surface area (Å²) in [6.07, 6.45) is -0.900. The maximum absolute atomic E-state index is 12.6. The molecule has 2 rings (SSSR count). The molecular weight excluding hydrogens is 362 g/mol. The summed E-state index contributed by atoms with van der Waals surface area (Å²) in [6, 6.07) is 5.61. The van der Waals surface area contributed by atoms with Crippen LogP contribution in [0, 0.1) is 5.92 Å². The molecule has 1 aliphatic rings. The average molecular weight is 385 g/mol. The molecule has 9 heteroatoms. The van der Waals surface area contributed by atoms with E-state index in [0.29, 0.717) is 19.0 Å². The zero-order valence-electron chi connectivity index (χ0n) is 13.5. The molecule has 0 radical (unpaired) electrons. The first-order chi connectivity index (χ1) is 10.9. The molecule has 0 amide bonds. The van der Waals surface area contributed by atoms with Gasteiger partial charge in [-0.1, -0.05) is 0 Å². The monoisotopic (exact) mass is 384 g/mol. The summed E-state index contributed by atoms with van der Waals surface area (Å²) in [6.45, 7) is 1.19. The first-order valence-corrected chi connectivity index (χ1v) is 9.03. The van der Waals surface area contributed by atoms with Crippen LogP contribution in [0.2, 0.25) is 0 Å². The van der Waals surface area contributed by atoms with Gasteiger partial charge < -0.3 is 10.1 Å². The molecule has 0 aliphatic carbocycles. The average Bonchev–Trinajstić information content (AvgIpc) is 2.54. The Morgan fingerprint density at radius 2 is 1.83 bits per heavy atom. The number of rotatable bonds is 7. The highest BCUT2D eigenvalue weighted by Gasteiger charge is 2.29. The number of piperidine rings is 1. The molecule has 1 aromatic carbocycles. The second-order valence-corrected chi connectivity index (χ2v) is 7.52.